The number of anilines is 2. The van der Waals surface area contributed by atoms with Crippen molar-refractivity contribution in [3.63, 3.8) is 0 Å². The maximum absolute atomic E-state index is 13.0. The van der Waals surface area contributed by atoms with E-state index < -0.39 is 0 Å². The fourth-order valence-corrected chi connectivity index (χ4v) is 4.41. The number of para-hydroxylation sites is 2. The minimum atomic E-state index is -0.267. The van der Waals surface area contributed by atoms with Crippen LogP contribution in [0.3, 0.4) is 0 Å². The molecule has 1 N–H and O–H groups in total. The van der Waals surface area contributed by atoms with Gasteiger partial charge in [0.2, 0.25) is 0 Å². The Hall–Kier alpha value is -3.42. The molecule has 1 saturated heterocycles. The smallest absolute Gasteiger partial charge is 0.270 e. The minimum Gasteiger partial charge on any atom is -0.483 e. The van der Waals surface area contributed by atoms with Gasteiger partial charge >= 0.3 is 0 Å². The van der Waals surface area contributed by atoms with Gasteiger partial charge in [-0.15, -0.1) is 0 Å². The topological polar surface area (TPSA) is 58.6 Å². The van der Waals surface area contributed by atoms with E-state index >= 15 is 0 Å². The molecule has 1 aliphatic heterocycles. The predicted octanol–water partition coefficient (Wildman–Crippen LogP) is 5.42. The fraction of sp³-hybridized carbons (Fsp3) is 0.0800. The number of thiocarbonyl (C=S) groups is 1. The van der Waals surface area contributed by atoms with E-state index in [-0.39, 0.29) is 18.4 Å². The van der Waals surface area contributed by atoms with E-state index in [0.717, 1.165) is 11.3 Å². The zero-order valence-corrected chi connectivity index (χ0v) is 18.9. The van der Waals surface area contributed by atoms with Gasteiger partial charge in [-0.2, -0.15) is 0 Å². The molecular formula is C25H20N2O3S2. The van der Waals surface area contributed by atoms with Crippen LogP contribution in [0.1, 0.15) is 11.1 Å². The van der Waals surface area contributed by atoms with Crippen molar-refractivity contribution in [1.82, 2.24) is 0 Å². The van der Waals surface area contributed by atoms with Crippen LogP contribution in [0.2, 0.25) is 0 Å². The molecule has 0 bridgehead atoms. The quantitative estimate of drug-likeness (QED) is 0.393. The molecule has 7 heteroatoms. The van der Waals surface area contributed by atoms with Crippen LogP contribution in [-0.4, -0.2) is 22.7 Å². The second-order valence-corrected chi connectivity index (χ2v) is 8.77. The van der Waals surface area contributed by atoms with Gasteiger partial charge in [-0.3, -0.25) is 14.5 Å². The first-order chi connectivity index (χ1) is 15.5. The van der Waals surface area contributed by atoms with Crippen molar-refractivity contribution >= 4 is 57.6 Å². The summed E-state index contributed by atoms with van der Waals surface area (Å²) in [4.78, 5) is 27.3. The molecule has 0 radical (unpaired) electrons. The summed E-state index contributed by atoms with van der Waals surface area (Å²) in [6.45, 7) is 1.84. The lowest BCUT2D eigenvalue weighted by atomic mass is 10.1. The molecule has 0 spiro atoms. The minimum absolute atomic E-state index is 0.149. The van der Waals surface area contributed by atoms with Gasteiger partial charge in [0.15, 0.2) is 10.9 Å². The van der Waals surface area contributed by atoms with Crippen LogP contribution in [0.4, 0.5) is 11.4 Å². The van der Waals surface area contributed by atoms with Crippen LogP contribution in [-0.2, 0) is 9.59 Å². The molecule has 0 atom stereocenters. The summed E-state index contributed by atoms with van der Waals surface area (Å²) in [6, 6.07) is 24.1. The van der Waals surface area contributed by atoms with E-state index in [9.17, 15) is 9.59 Å². The van der Waals surface area contributed by atoms with E-state index in [4.69, 9.17) is 17.0 Å². The Morgan fingerprint density at radius 3 is 2.47 bits per heavy atom. The average Bonchev–Trinajstić information content (AvgIpc) is 3.07. The van der Waals surface area contributed by atoms with Crippen molar-refractivity contribution in [2.24, 2.45) is 0 Å². The Bertz CT molecular complexity index is 1190. The van der Waals surface area contributed by atoms with Gasteiger partial charge in [-0.25, -0.2) is 0 Å². The van der Waals surface area contributed by atoms with E-state index in [1.807, 2.05) is 79.7 Å². The van der Waals surface area contributed by atoms with Gasteiger partial charge in [-0.05, 0) is 43.3 Å². The van der Waals surface area contributed by atoms with Crippen molar-refractivity contribution in [1.29, 1.82) is 0 Å². The number of thioether (sulfide) groups is 1. The molecule has 2 amide bonds. The number of carbonyl (C=O) groups excluding carboxylic acids is 2. The van der Waals surface area contributed by atoms with Crippen molar-refractivity contribution in [3.05, 3.63) is 94.9 Å². The third kappa shape index (κ3) is 5.07. The van der Waals surface area contributed by atoms with E-state index in [1.54, 1.807) is 12.1 Å². The number of nitrogens with one attached hydrogen (secondary N) is 1. The average molecular weight is 461 g/mol. The lowest BCUT2D eigenvalue weighted by molar-refractivity contribution is -0.118. The molecule has 1 heterocycles. The monoisotopic (exact) mass is 460 g/mol. The SMILES string of the molecule is Cc1ccc(N2C(=O)/C(=C/c3ccccc3OCC(=O)Nc3ccccc3)SC2=S)cc1. The zero-order chi connectivity index (χ0) is 22.5. The first-order valence-electron chi connectivity index (χ1n) is 9.92. The highest BCUT2D eigenvalue weighted by Gasteiger charge is 2.33. The van der Waals surface area contributed by atoms with Crippen LogP contribution in [0.15, 0.2) is 83.8 Å². The van der Waals surface area contributed by atoms with Crippen molar-refractivity contribution < 1.29 is 14.3 Å². The molecule has 0 unspecified atom stereocenters. The number of aryl methyl sites for hydroxylation is 1. The van der Waals surface area contributed by atoms with Crippen LogP contribution in [0.25, 0.3) is 6.08 Å². The van der Waals surface area contributed by atoms with Gasteiger partial charge in [-0.1, -0.05) is 78.1 Å². The summed E-state index contributed by atoms with van der Waals surface area (Å²) < 4.78 is 6.22. The third-order valence-electron chi connectivity index (χ3n) is 4.71. The molecule has 4 rings (SSSR count). The number of hydrogen-bond donors (Lipinski definition) is 1. The Morgan fingerprint density at radius 2 is 1.72 bits per heavy atom. The Morgan fingerprint density at radius 1 is 1.03 bits per heavy atom. The third-order valence-corrected chi connectivity index (χ3v) is 6.01. The summed E-state index contributed by atoms with van der Waals surface area (Å²) in [5.74, 6) is 0.0634. The molecule has 0 aromatic heterocycles. The molecule has 1 aliphatic rings. The molecule has 3 aromatic carbocycles. The molecule has 32 heavy (non-hydrogen) atoms. The second-order valence-electron chi connectivity index (χ2n) is 7.09. The summed E-state index contributed by atoms with van der Waals surface area (Å²) in [5.41, 5.74) is 3.25. The van der Waals surface area contributed by atoms with Gasteiger partial charge < -0.3 is 10.1 Å². The number of amides is 2. The number of ether oxygens (including phenoxy) is 1. The largest absolute Gasteiger partial charge is 0.483 e. The molecular weight excluding hydrogens is 440 g/mol. The van der Waals surface area contributed by atoms with Gasteiger partial charge in [0.05, 0.1) is 10.6 Å². The van der Waals surface area contributed by atoms with Gasteiger partial charge in [0, 0.05) is 11.3 Å². The number of hydrogen-bond acceptors (Lipinski definition) is 5. The number of nitrogens with zero attached hydrogens (tertiary/aromatic N) is 1. The Labute approximate surface area is 196 Å². The van der Waals surface area contributed by atoms with Crippen LogP contribution < -0.4 is 15.0 Å². The molecule has 3 aromatic rings. The van der Waals surface area contributed by atoms with Gasteiger partial charge in [0.1, 0.15) is 5.75 Å². The van der Waals surface area contributed by atoms with Crippen LogP contribution >= 0.6 is 24.0 Å². The van der Waals surface area contributed by atoms with E-state index in [1.165, 1.54) is 16.7 Å². The highest BCUT2D eigenvalue weighted by atomic mass is 32.2. The van der Waals surface area contributed by atoms with E-state index in [0.29, 0.717) is 26.2 Å². The van der Waals surface area contributed by atoms with Crippen molar-refractivity contribution in [3.8, 4) is 5.75 Å². The van der Waals surface area contributed by atoms with Crippen LogP contribution in [0.5, 0.6) is 5.75 Å². The highest BCUT2D eigenvalue weighted by molar-refractivity contribution is 8.27. The van der Waals surface area contributed by atoms with Crippen molar-refractivity contribution in [2.45, 2.75) is 6.92 Å². The Balaban J connectivity index is 1.48. The zero-order valence-electron chi connectivity index (χ0n) is 17.3. The summed E-state index contributed by atoms with van der Waals surface area (Å²) in [6.07, 6.45) is 1.75. The summed E-state index contributed by atoms with van der Waals surface area (Å²) >= 11 is 6.69. The highest BCUT2D eigenvalue weighted by Crippen LogP contribution is 2.37. The molecule has 0 saturated carbocycles. The predicted molar refractivity (Wildman–Crippen MR) is 134 cm³/mol. The van der Waals surface area contributed by atoms with Crippen LogP contribution in [0, 0.1) is 6.92 Å². The molecule has 1 fully saturated rings. The maximum atomic E-state index is 13.0. The van der Waals surface area contributed by atoms with Crippen molar-refractivity contribution in [2.75, 3.05) is 16.8 Å². The standard InChI is InChI=1S/C25H20N2O3S2/c1-17-11-13-20(14-12-17)27-24(29)22(32-25(27)31)15-18-7-5-6-10-21(18)30-16-23(28)26-19-8-3-2-4-9-19/h2-15H,16H2,1H3,(H,26,28)/b22-15-. The molecule has 5 nitrogen and oxygen atoms in total. The summed E-state index contributed by atoms with van der Waals surface area (Å²) in [7, 11) is 0. The number of benzene rings is 3. The first kappa shape index (κ1) is 21.8. The first-order valence-corrected chi connectivity index (χ1v) is 11.1. The summed E-state index contributed by atoms with van der Waals surface area (Å²) in [5, 5.41) is 2.78. The normalized spacial score (nSPS) is 14.7. The number of carbonyl (C=O) groups is 2. The maximum Gasteiger partial charge on any atom is 0.270 e. The molecule has 160 valence electrons. The Kier molecular flexibility index (Phi) is 6.68. The fourth-order valence-electron chi connectivity index (χ4n) is 3.12. The second kappa shape index (κ2) is 9.80. The lowest BCUT2D eigenvalue weighted by Gasteiger charge is -2.14. The van der Waals surface area contributed by atoms with E-state index in [2.05, 4.69) is 5.32 Å². The lowest BCUT2D eigenvalue weighted by Crippen LogP contribution is -2.27. The number of rotatable bonds is 6. The molecule has 0 aliphatic carbocycles. The van der Waals surface area contributed by atoms with Gasteiger partial charge in [0.25, 0.3) is 11.8 Å².